The van der Waals surface area contributed by atoms with Crippen molar-refractivity contribution >= 4 is 6.09 Å². The Morgan fingerprint density at radius 3 is 2.25 bits per heavy atom. The Morgan fingerprint density at radius 2 is 1.58 bits per heavy atom. The van der Waals surface area contributed by atoms with E-state index < -0.39 is 0 Å². The van der Waals surface area contributed by atoms with Crippen LogP contribution in [0.15, 0.2) is 0 Å². The van der Waals surface area contributed by atoms with Crippen molar-refractivity contribution in [2.45, 2.75) is 150 Å². The standard InChI is InChI=1S/C44H75N3O6/c1-29(2)38(53-39(49)47-19-10-20-47)32(50-8)25-30(3)31-26-35(48)42(7)34-12-11-33-40(4,5)36(13-14-43(33)28-44(34,43)16-15-41(31,42)6)52-37-27-46(23-24-51-37)22-21-45-17-9-18-45/h29-38,48H,9-28H2,1-8H3/t30-,31-,32?,33+,34?,35+,36+,37+,38-,41-,42-,43-,44?/m1/s1. The van der Waals surface area contributed by atoms with Gasteiger partial charge in [-0.05, 0) is 135 Å². The predicted octanol–water partition coefficient (Wildman–Crippen LogP) is 7.05. The number of carbonyl (C=O) groups excluding carboxylic acids is 1. The molecular formula is C44H75N3O6. The zero-order chi connectivity index (χ0) is 37.6. The van der Waals surface area contributed by atoms with E-state index in [9.17, 15) is 9.90 Å². The van der Waals surface area contributed by atoms with Gasteiger partial charge in [-0.1, -0.05) is 48.5 Å². The molecule has 3 aliphatic heterocycles. The highest BCUT2D eigenvalue weighted by atomic mass is 16.7. The van der Waals surface area contributed by atoms with Crippen LogP contribution in [0.4, 0.5) is 4.79 Å². The van der Waals surface area contributed by atoms with Gasteiger partial charge in [-0.15, -0.1) is 0 Å². The lowest BCUT2D eigenvalue weighted by Crippen LogP contribution is -2.60. The number of morpholine rings is 1. The fourth-order valence-electron chi connectivity index (χ4n) is 14.8. The molecule has 0 aromatic carbocycles. The van der Waals surface area contributed by atoms with E-state index in [2.05, 4.69) is 58.3 Å². The van der Waals surface area contributed by atoms with E-state index in [0.29, 0.717) is 34.5 Å². The number of ether oxygens (including phenoxy) is 4. The normalized spacial score (nSPS) is 45.1. The molecule has 2 spiro atoms. The summed E-state index contributed by atoms with van der Waals surface area (Å²) in [5.41, 5.74) is 0.798. The number of hydrogen-bond acceptors (Lipinski definition) is 8. The first-order valence-corrected chi connectivity index (χ1v) is 22.1. The van der Waals surface area contributed by atoms with Gasteiger partial charge in [0.05, 0.1) is 24.9 Å². The van der Waals surface area contributed by atoms with Crippen molar-refractivity contribution in [1.82, 2.24) is 14.7 Å². The Balaban J connectivity index is 0.940. The van der Waals surface area contributed by atoms with Gasteiger partial charge in [0, 0.05) is 51.8 Å². The molecule has 9 nitrogen and oxygen atoms in total. The lowest BCUT2D eigenvalue weighted by Gasteiger charge is -2.64. The SMILES string of the molecule is COC(C[C@@H](C)[C@H]1C[C@H](O)[C@@]2(C)C3CC[C@H]4C(C)(C)[C@@H](O[C@H]5CN(CCN6CCC6)CCO5)CC[C@@]45CC35CC[C@]12C)[C@H](OC(=O)N1CCC1)C(C)C. The number of carbonyl (C=O) groups is 1. The third kappa shape index (κ3) is 6.08. The number of rotatable bonds is 12. The van der Waals surface area contributed by atoms with Crippen molar-refractivity contribution in [3.05, 3.63) is 0 Å². The minimum absolute atomic E-state index is 0.0635. The maximum atomic E-state index is 12.9. The molecule has 0 aromatic heterocycles. The molecule has 8 rings (SSSR count). The first-order chi connectivity index (χ1) is 25.2. The average molecular weight is 742 g/mol. The van der Waals surface area contributed by atoms with Gasteiger partial charge in [0.15, 0.2) is 6.29 Å². The van der Waals surface area contributed by atoms with Crippen LogP contribution in [0.1, 0.15) is 119 Å². The minimum atomic E-state index is -0.289. The van der Waals surface area contributed by atoms with E-state index in [-0.39, 0.29) is 59.0 Å². The van der Waals surface area contributed by atoms with E-state index in [1.807, 2.05) is 0 Å². The van der Waals surface area contributed by atoms with E-state index in [0.717, 1.165) is 65.0 Å². The first-order valence-electron chi connectivity index (χ1n) is 22.1. The van der Waals surface area contributed by atoms with E-state index >= 15 is 0 Å². The van der Waals surface area contributed by atoms with Crippen LogP contribution in [-0.4, -0.2) is 123 Å². The van der Waals surface area contributed by atoms with E-state index in [1.165, 1.54) is 64.6 Å². The molecule has 302 valence electrons. The number of likely N-dealkylation sites (tertiary alicyclic amines) is 2. The second-order valence-electron chi connectivity index (χ2n) is 20.9. The number of aliphatic hydroxyl groups excluding tert-OH is 1. The molecule has 13 atom stereocenters. The van der Waals surface area contributed by atoms with Gasteiger partial charge in [-0.25, -0.2) is 4.79 Å². The van der Waals surface area contributed by atoms with Crippen molar-refractivity contribution in [2.24, 2.45) is 56.7 Å². The van der Waals surface area contributed by atoms with Crippen LogP contribution in [0, 0.1) is 56.7 Å². The Labute approximate surface area is 321 Å². The summed E-state index contributed by atoms with van der Waals surface area (Å²) in [6, 6.07) is 0. The maximum absolute atomic E-state index is 12.9. The van der Waals surface area contributed by atoms with Crippen molar-refractivity contribution < 1.29 is 28.8 Å². The average Bonchev–Trinajstić information content (AvgIpc) is 3.69. The largest absolute Gasteiger partial charge is 0.443 e. The fourth-order valence-corrected chi connectivity index (χ4v) is 14.8. The Kier molecular flexibility index (Phi) is 10.4. The van der Waals surface area contributed by atoms with E-state index in [1.54, 1.807) is 12.0 Å². The molecule has 3 saturated heterocycles. The molecule has 9 heteroatoms. The van der Waals surface area contributed by atoms with Crippen LogP contribution in [0.3, 0.4) is 0 Å². The van der Waals surface area contributed by atoms with Crippen molar-refractivity contribution in [3.63, 3.8) is 0 Å². The molecule has 0 bridgehead atoms. The zero-order valence-electron chi connectivity index (χ0n) is 34.7. The lowest BCUT2D eigenvalue weighted by molar-refractivity contribution is -0.249. The third-order valence-electron chi connectivity index (χ3n) is 18.3. The van der Waals surface area contributed by atoms with Crippen LogP contribution < -0.4 is 0 Å². The molecule has 3 heterocycles. The van der Waals surface area contributed by atoms with Gasteiger partial charge in [0.2, 0.25) is 0 Å². The first kappa shape index (κ1) is 38.9. The number of amides is 1. The van der Waals surface area contributed by atoms with Crippen LogP contribution in [-0.2, 0) is 18.9 Å². The minimum Gasteiger partial charge on any atom is -0.443 e. The lowest BCUT2D eigenvalue weighted by atomic mass is 9.41. The fraction of sp³-hybridized carbons (Fsp3) is 0.977. The molecule has 0 radical (unpaired) electrons. The van der Waals surface area contributed by atoms with Crippen molar-refractivity contribution in [1.29, 1.82) is 0 Å². The summed E-state index contributed by atoms with van der Waals surface area (Å²) < 4.78 is 25.5. The maximum Gasteiger partial charge on any atom is 0.410 e. The zero-order valence-corrected chi connectivity index (χ0v) is 34.7. The van der Waals surface area contributed by atoms with E-state index in [4.69, 9.17) is 18.9 Å². The molecule has 0 aromatic rings. The Hall–Kier alpha value is -0.970. The summed E-state index contributed by atoms with van der Waals surface area (Å²) in [4.78, 5) is 19.8. The summed E-state index contributed by atoms with van der Waals surface area (Å²) in [7, 11) is 1.78. The smallest absolute Gasteiger partial charge is 0.410 e. The van der Waals surface area contributed by atoms with Crippen LogP contribution in [0.2, 0.25) is 0 Å². The molecule has 53 heavy (non-hydrogen) atoms. The Morgan fingerprint density at radius 1 is 0.887 bits per heavy atom. The van der Waals surface area contributed by atoms with Gasteiger partial charge in [-0.3, -0.25) is 4.90 Å². The summed E-state index contributed by atoms with van der Waals surface area (Å²) in [5, 5.41) is 12.3. The molecule has 8 fully saturated rings. The quantitative estimate of drug-likeness (QED) is 0.228. The highest BCUT2D eigenvalue weighted by Crippen LogP contribution is 2.89. The number of methoxy groups -OCH3 is 1. The Bertz CT molecular complexity index is 1340. The second kappa shape index (κ2) is 14.1. The molecular weight excluding hydrogens is 666 g/mol. The summed E-state index contributed by atoms with van der Waals surface area (Å²) in [6.07, 6.45) is 12.0. The van der Waals surface area contributed by atoms with Crippen molar-refractivity contribution in [2.75, 3.05) is 66.1 Å². The molecule has 3 unspecified atom stereocenters. The number of fused-ring (bicyclic) bond motifs is 2. The van der Waals surface area contributed by atoms with Gasteiger partial charge < -0.3 is 33.9 Å². The third-order valence-corrected chi connectivity index (χ3v) is 18.3. The van der Waals surface area contributed by atoms with Gasteiger partial charge in [0.25, 0.3) is 0 Å². The molecule has 8 aliphatic rings. The highest BCUT2D eigenvalue weighted by Gasteiger charge is 2.83. The number of aliphatic hydroxyl groups is 1. The monoisotopic (exact) mass is 742 g/mol. The summed E-state index contributed by atoms with van der Waals surface area (Å²) in [5.74, 6) is 2.14. The molecule has 1 N–H and O–H groups in total. The topological polar surface area (TPSA) is 83.9 Å². The van der Waals surface area contributed by atoms with Gasteiger partial charge in [0.1, 0.15) is 6.10 Å². The van der Waals surface area contributed by atoms with Gasteiger partial charge in [-0.2, -0.15) is 0 Å². The van der Waals surface area contributed by atoms with Gasteiger partial charge >= 0.3 is 6.09 Å². The summed E-state index contributed by atoms with van der Waals surface area (Å²) >= 11 is 0. The molecule has 5 saturated carbocycles. The van der Waals surface area contributed by atoms with Crippen molar-refractivity contribution in [3.8, 4) is 0 Å². The number of hydrogen-bond donors (Lipinski definition) is 1. The van der Waals surface area contributed by atoms with Crippen LogP contribution in [0.25, 0.3) is 0 Å². The molecule has 5 aliphatic carbocycles. The predicted molar refractivity (Wildman–Crippen MR) is 206 cm³/mol. The number of nitrogens with zero attached hydrogens (tertiary/aromatic N) is 3. The second-order valence-corrected chi connectivity index (χ2v) is 20.9. The highest BCUT2D eigenvalue weighted by molar-refractivity contribution is 5.68. The van der Waals surface area contributed by atoms with Crippen LogP contribution in [0.5, 0.6) is 0 Å². The summed E-state index contributed by atoms with van der Waals surface area (Å²) in [6.45, 7) is 25.8. The molecule has 1 amide bonds. The van der Waals surface area contributed by atoms with Crippen LogP contribution >= 0.6 is 0 Å².